The van der Waals surface area contributed by atoms with Gasteiger partial charge in [-0.15, -0.1) is 0 Å². The number of hydrogen-bond acceptors (Lipinski definition) is 4. The molecule has 0 aliphatic rings. The van der Waals surface area contributed by atoms with Crippen LogP contribution in [0.2, 0.25) is 12.1 Å². The van der Waals surface area contributed by atoms with Crippen molar-refractivity contribution in [2.24, 2.45) is 0 Å². The van der Waals surface area contributed by atoms with E-state index in [0.717, 1.165) is 25.1 Å². The minimum absolute atomic E-state index is 0.674. The molecule has 0 aliphatic carbocycles. The first kappa shape index (κ1) is 22.8. The van der Waals surface area contributed by atoms with Crippen molar-refractivity contribution in [3.05, 3.63) is 18.2 Å². The molecule has 4 nitrogen and oxygen atoms in total. The number of benzene rings is 1. The highest BCUT2D eigenvalue weighted by molar-refractivity contribution is 6.68. The molecule has 0 spiro atoms. The molecule has 0 unspecified atom stereocenters. The van der Waals surface area contributed by atoms with E-state index < -0.39 is 8.56 Å². The average molecular weight is 383 g/mol. The topological polar surface area (TPSA) is 36.9 Å². The van der Waals surface area contributed by atoms with Crippen molar-refractivity contribution in [1.29, 1.82) is 0 Å². The van der Waals surface area contributed by atoms with Crippen LogP contribution >= 0.6 is 0 Å². The van der Waals surface area contributed by atoms with Crippen LogP contribution in [0.25, 0.3) is 0 Å². The molecule has 0 saturated carbocycles. The van der Waals surface area contributed by atoms with E-state index in [9.17, 15) is 0 Å². The van der Waals surface area contributed by atoms with Crippen LogP contribution in [0.4, 0.5) is 0 Å². The summed E-state index contributed by atoms with van der Waals surface area (Å²) in [5, 5.41) is 0. The lowest BCUT2D eigenvalue weighted by molar-refractivity contribution is 0.224. The molecule has 0 heterocycles. The van der Waals surface area contributed by atoms with E-state index in [1.165, 1.54) is 38.5 Å². The molecule has 150 valence electrons. The number of ether oxygens (including phenoxy) is 2. The van der Waals surface area contributed by atoms with Gasteiger partial charge in [-0.2, -0.15) is 0 Å². The number of hydrogen-bond donors (Lipinski definition) is 0. The highest BCUT2D eigenvalue weighted by Crippen LogP contribution is 2.39. The Hall–Kier alpha value is -1.20. The highest BCUT2D eigenvalue weighted by Gasteiger charge is 2.37. The fourth-order valence-electron chi connectivity index (χ4n) is 3.05. The molecule has 0 atom stereocenters. The first-order chi connectivity index (χ1) is 12.7. The van der Waals surface area contributed by atoms with Gasteiger partial charge in [0, 0.05) is 6.61 Å². The third-order valence-corrected chi connectivity index (χ3v) is 8.32. The largest absolute Gasteiger partial charge is 0.515 e. The fourth-order valence-corrected chi connectivity index (χ4v) is 5.39. The van der Waals surface area contributed by atoms with E-state index in [-0.39, 0.29) is 0 Å². The van der Waals surface area contributed by atoms with E-state index in [0.29, 0.717) is 17.2 Å². The first-order valence-corrected chi connectivity index (χ1v) is 12.4. The van der Waals surface area contributed by atoms with Gasteiger partial charge in [0.15, 0.2) is 17.2 Å². The maximum Gasteiger partial charge on any atom is 0.398 e. The van der Waals surface area contributed by atoms with Gasteiger partial charge in [0.05, 0.1) is 14.2 Å². The third kappa shape index (κ3) is 7.20. The van der Waals surface area contributed by atoms with Crippen molar-refractivity contribution in [3.8, 4) is 17.2 Å². The summed E-state index contributed by atoms with van der Waals surface area (Å²) in [6.45, 7) is 7.34. The van der Waals surface area contributed by atoms with Crippen molar-refractivity contribution in [3.63, 3.8) is 0 Å². The molecule has 1 aromatic rings. The van der Waals surface area contributed by atoms with Gasteiger partial charge < -0.3 is 18.3 Å². The molecule has 0 aromatic heterocycles. The molecule has 0 bridgehead atoms. The summed E-state index contributed by atoms with van der Waals surface area (Å²) in [4.78, 5) is 0. The molecular formula is C21H38O4Si. The maximum absolute atomic E-state index is 6.47. The zero-order chi connectivity index (χ0) is 19.3. The van der Waals surface area contributed by atoms with Gasteiger partial charge in [0.1, 0.15) is 0 Å². The second-order valence-electron chi connectivity index (χ2n) is 6.68. The number of methoxy groups -OCH3 is 2. The monoisotopic (exact) mass is 382 g/mol. The fraction of sp³-hybridized carbons (Fsp3) is 0.714. The van der Waals surface area contributed by atoms with E-state index in [1.54, 1.807) is 14.2 Å². The zero-order valence-electron chi connectivity index (χ0n) is 17.4. The molecular weight excluding hydrogens is 344 g/mol. The Kier molecular flexibility index (Phi) is 11.5. The number of para-hydroxylation sites is 1. The van der Waals surface area contributed by atoms with Gasteiger partial charge >= 0.3 is 8.56 Å². The molecule has 0 N–H and O–H groups in total. The minimum atomic E-state index is -2.32. The van der Waals surface area contributed by atoms with Gasteiger partial charge in [-0.25, -0.2) is 0 Å². The summed E-state index contributed by atoms with van der Waals surface area (Å²) in [5.41, 5.74) is 0. The average Bonchev–Trinajstić information content (AvgIpc) is 2.69. The quantitative estimate of drug-likeness (QED) is 0.262. The van der Waals surface area contributed by atoms with Crippen LogP contribution in [0.1, 0.15) is 65.7 Å². The molecule has 5 heteroatoms. The van der Waals surface area contributed by atoms with Crippen LogP contribution in [-0.2, 0) is 4.43 Å². The number of unbranched alkanes of at least 4 members (excludes halogenated alkanes) is 6. The Labute approximate surface area is 161 Å². The van der Waals surface area contributed by atoms with Gasteiger partial charge in [0.2, 0.25) is 0 Å². The molecule has 1 rings (SSSR count). The van der Waals surface area contributed by atoms with E-state index in [4.69, 9.17) is 18.3 Å². The lowest BCUT2D eigenvalue weighted by Gasteiger charge is -2.30. The highest BCUT2D eigenvalue weighted by atomic mass is 28.4. The minimum Gasteiger partial charge on any atom is -0.515 e. The van der Waals surface area contributed by atoms with Crippen molar-refractivity contribution in [2.75, 3.05) is 20.8 Å². The van der Waals surface area contributed by atoms with E-state index in [1.807, 2.05) is 18.2 Å². The van der Waals surface area contributed by atoms with Crippen molar-refractivity contribution in [1.82, 2.24) is 0 Å². The van der Waals surface area contributed by atoms with Crippen LogP contribution in [0, 0.1) is 0 Å². The molecule has 0 saturated heterocycles. The third-order valence-electron chi connectivity index (χ3n) is 4.86. The summed E-state index contributed by atoms with van der Waals surface area (Å²) in [5.74, 6) is 2.07. The van der Waals surface area contributed by atoms with Gasteiger partial charge in [0.25, 0.3) is 0 Å². The molecule has 26 heavy (non-hydrogen) atoms. The Bertz CT molecular complexity index is 467. The second-order valence-corrected chi connectivity index (χ2v) is 10.4. The predicted molar refractivity (Wildman–Crippen MR) is 111 cm³/mol. The summed E-state index contributed by atoms with van der Waals surface area (Å²) in [7, 11) is 0.989. The molecule has 0 fully saturated rings. The van der Waals surface area contributed by atoms with Gasteiger partial charge in [-0.1, -0.05) is 65.4 Å². The molecule has 0 aliphatic heterocycles. The van der Waals surface area contributed by atoms with Crippen LogP contribution in [0.5, 0.6) is 17.2 Å². The maximum atomic E-state index is 6.47. The standard InChI is InChI=1S/C21H38O4Si/c1-6-9-10-11-12-13-14-18-24-26(7-2,8-3)25-21-19(22-4)16-15-17-20(21)23-5/h15-17H,6-14,18H2,1-5H3. The summed E-state index contributed by atoms with van der Waals surface area (Å²) in [6, 6.07) is 7.52. The Morgan fingerprint density at radius 2 is 1.31 bits per heavy atom. The van der Waals surface area contributed by atoms with Crippen LogP contribution in [-0.4, -0.2) is 29.4 Å². The van der Waals surface area contributed by atoms with E-state index >= 15 is 0 Å². The van der Waals surface area contributed by atoms with Gasteiger partial charge in [-0.05, 0) is 30.6 Å². The Morgan fingerprint density at radius 3 is 1.81 bits per heavy atom. The molecule has 0 amide bonds. The van der Waals surface area contributed by atoms with Crippen LogP contribution in [0.15, 0.2) is 18.2 Å². The van der Waals surface area contributed by atoms with Gasteiger partial charge in [-0.3, -0.25) is 0 Å². The normalized spacial score (nSPS) is 11.4. The smallest absolute Gasteiger partial charge is 0.398 e. The zero-order valence-corrected chi connectivity index (χ0v) is 18.4. The Morgan fingerprint density at radius 1 is 0.769 bits per heavy atom. The molecule has 1 aromatic carbocycles. The van der Waals surface area contributed by atoms with Crippen molar-refractivity contribution >= 4 is 8.56 Å². The summed E-state index contributed by atoms with van der Waals surface area (Å²) >= 11 is 0. The van der Waals surface area contributed by atoms with Crippen molar-refractivity contribution < 1.29 is 18.3 Å². The SMILES string of the molecule is CCCCCCCCCO[Si](CC)(CC)Oc1c(OC)cccc1OC. The first-order valence-electron chi connectivity index (χ1n) is 10.2. The molecule has 0 radical (unpaired) electrons. The number of rotatable bonds is 15. The predicted octanol–water partition coefficient (Wildman–Crippen LogP) is 6.33. The Balaban J connectivity index is 2.62. The van der Waals surface area contributed by atoms with Crippen LogP contribution < -0.4 is 13.9 Å². The lowest BCUT2D eigenvalue weighted by atomic mass is 10.1. The lowest BCUT2D eigenvalue weighted by Crippen LogP contribution is -2.44. The second kappa shape index (κ2) is 13.0. The van der Waals surface area contributed by atoms with Crippen molar-refractivity contribution in [2.45, 2.75) is 77.8 Å². The van der Waals surface area contributed by atoms with Crippen LogP contribution in [0.3, 0.4) is 0 Å². The summed E-state index contributed by atoms with van der Waals surface area (Å²) in [6.07, 6.45) is 8.99. The van der Waals surface area contributed by atoms with E-state index in [2.05, 4.69) is 20.8 Å². The summed E-state index contributed by atoms with van der Waals surface area (Å²) < 4.78 is 23.8.